The second-order valence-corrected chi connectivity index (χ2v) is 5.51. The Hall–Kier alpha value is -1.43. The summed E-state index contributed by atoms with van der Waals surface area (Å²) < 4.78 is 5.65. The van der Waals surface area contributed by atoms with Crippen molar-refractivity contribution in [2.45, 2.75) is 32.9 Å². The summed E-state index contributed by atoms with van der Waals surface area (Å²) >= 11 is 3.20. The number of hydrogen-bond acceptors (Lipinski definition) is 4. The fourth-order valence-corrected chi connectivity index (χ4v) is 1.72. The van der Waals surface area contributed by atoms with Crippen LogP contribution in [0.15, 0.2) is 16.7 Å². The van der Waals surface area contributed by atoms with E-state index < -0.39 is 11.7 Å². The molecule has 0 fully saturated rings. The Morgan fingerprint density at radius 2 is 2.17 bits per heavy atom. The molecule has 1 rings (SSSR count). The Morgan fingerprint density at radius 1 is 1.50 bits per heavy atom. The van der Waals surface area contributed by atoms with Crippen LogP contribution in [-0.4, -0.2) is 23.0 Å². The van der Waals surface area contributed by atoms with Crippen LogP contribution in [0.1, 0.15) is 36.8 Å². The Bertz CT molecular complexity index is 455. The summed E-state index contributed by atoms with van der Waals surface area (Å²) in [5.41, 5.74) is 0.548. The predicted molar refractivity (Wildman–Crippen MR) is 70.4 cm³/mol. The fourth-order valence-electron chi connectivity index (χ4n) is 1.22. The number of nitrogens with zero attached hydrogens (tertiary/aromatic N) is 1. The predicted octanol–water partition coefficient (Wildman–Crippen LogP) is 2.68. The Kier molecular flexibility index (Phi) is 4.84. The second kappa shape index (κ2) is 5.95. The summed E-state index contributed by atoms with van der Waals surface area (Å²) in [6.07, 6.45) is 0.157. The smallest absolute Gasteiger partial charge is 0.407 e. The number of alkyl carbamates (subject to hydrolysis) is 1. The maximum atomic E-state index is 11.4. The normalized spacial score (nSPS) is 10.9. The third kappa shape index (κ3) is 5.27. The van der Waals surface area contributed by atoms with Gasteiger partial charge in [0.1, 0.15) is 15.9 Å². The molecular formula is C12H15BrN2O3. The molecule has 0 spiro atoms. The molecule has 98 valence electrons. The maximum absolute atomic E-state index is 11.4. The van der Waals surface area contributed by atoms with Crippen LogP contribution in [0.2, 0.25) is 0 Å². The molecule has 1 amide bonds. The third-order valence-electron chi connectivity index (χ3n) is 1.83. The van der Waals surface area contributed by atoms with Crippen molar-refractivity contribution >= 4 is 28.3 Å². The van der Waals surface area contributed by atoms with Crippen molar-refractivity contribution in [3.63, 3.8) is 0 Å². The van der Waals surface area contributed by atoms with E-state index >= 15 is 0 Å². The average Bonchev–Trinajstić information content (AvgIpc) is 2.23. The minimum absolute atomic E-state index is 0.275. The van der Waals surface area contributed by atoms with Crippen LogP contribution in [0, 0.1) is 0 Å². The van der Waals surface area contributed by atoms with E-state index in [0.29, 0.717) is 16.6 Å². The zero-order valence-electron chi connectivity index (χ0n) is 10.5. The second-order valence-electron chi connectivity index (χ2n) is 4.70. The highest BCUT2D eigenvalue weighted by Gasteiger charge is 2.15. The minimum atomic E-state index is -0.531. The molecule has 5 nitrogen and oxygen atoms in total. The lowest BCUT2D eigenvalue weighted by atomic mass is 10.2. The first-order valence-corrected chi connectivity index (χ1v) is 6.18. The number of amides is 1. The first-order valence-electron chi connectivity index (χ1n) is 5.38. The van der Waals surface area contributed by atoms with Crippen LogP contribution in [0.5, 0.6) is 0 Å². The number of carbonyl (C=O) groups excluding carboxylic acids is 2. The zero-order valence-corrected chi connectivity index (χ0v) is 12.1. The van der Waals surface area contributed by atoms with Crippen molar-refractivity contribution in [1.29, 1.82) is 0 Å². The molecule has 0 bridgehead atoms. The van der Waals surface area contributed by atoms with Gasteiger partial charge in [0, 0.05) is 6.54 Å². The van der Waals surface area contributed by atoms with Crippen LogP contribution in [0.25, 0.3) is 0 Å². The van der Waals surface area contributed by atoms with Gasteiger partial charge in [0.2, 0.25) is 0 Å². The number of pyridine rings is 1. The van der Waals surface area contributed by atoms with E-state index in [4.69, 9.17) is 4.74 Å². The van der Waals surface area contributed by atoms with Gasteiger partial charge in [-0.1, -0.05) is 0 Å². The summed E-state index contributed by atoms with van der Waals surface area (Å²) in [6.45, 7) is 5.65. The Labute approximate surface area is 114 Å². The topological polar surface area (TPSA) is 68.3 Å². The molecule has 1 aromatic heterocycles. The van der Waals surface area contributed by atoms with Crippen LogP contribution in [-0.2, 0) is 11.3 Å². The van der Waals surface area contributed by atoms with Crippen LogP contribution in [0.3, 0.4) is 0 Å². The van der Waals surface area contributed by atoms with Crippen molar-refractivity contribution < 1.29 is 14.3 Å². The molecule has 0 aliphatic carbocycles. The fraction of sp³-hybridized carbons (Fsp3) is 0.417. The van der Waals surface area contributed by atoms with E-state index in [9.17, 15) is 9.59 Å². The lowest BCUT2D eigenvalue weighted by molar-refractivity contribution is 0.0523. The van der Waals surface area contributed by atoms with Gasteiger partial charge in [-0.2, -0.15) is 0 Å². The number of rotatable bonds is 3. The summed E-state index contributed by atoms with van der Waals surface area (Å²) in [6, 6.07) is 3.33. The molecular weight excluding hydrogens is 300 g/mol. The molecule has 1 N–H and O–H groups in total. The highest BCUT2D eigenvalue weighted by molar-refractivity contribution is 9.10. The van der Waals surface area contributed by atoms with E-state index in [0.717, 1.165) is 5.56 Å². The van der Waals surface area contributed by atoms with E-state index in [2.05, 4.69) is 26.2 Å². The third-order valence-corrected chi connectivity index (χ3v) is 2.24. The summed E-state index contributed by atoms with van der Waals surface area (Å²) in [5.74, 6) is 0. The molecule has 0 unspecified atom stereocenters. The van der Waals surface area contributed by atoms with Crippen LogP contribution in [0.4, 0.5) is 4.79 Å². The summed E-state index contributed by atoms with van der Waals surface area (Å²) in [4.78, 5) is 26.0. The highest BCUT2D eigenvalue weighted by Crippen LogP contribution is 2.11. The quantitative estimate of drug-likeness (QED) is 0.688. The number of carbonyl (C=O) groups is 2. The number of aldehydes is 1. The first kappa shape index (κ1) is 14.6. The minimum Gasteiger partial charge on any atom is -0.444 e. The number of ether oxygens (including phenoxy) is 1. The van der Waals surface area contributed by atoms with Gasteiger partial charge in [0.25, 0.3) is 0 Å². The Balaban J connectivity index is 2.61. The number of halogens is 1. The largest absolute Gasteiger partial charge is 0.444 e. The number of hydrogen-bond donors (Lipinski definition) is 1. The number of aromatic nitrogens is 1. The molecule has 0 aliphatic rings. The van der Waals surface area contributed by atoms with Gasteiger partial charge in [-0.3, -0.25) is 4.79 Å². The molecule has 18 heavy (non-hydrogen) atoms. The molecule has 0 atom stereocenters. The van der Waals surface area contributed by atoms with E-state index in [1.165, 1.54) is 0 Å². The molecule has 1 heterocycles. The zero-order chi connectivity index (χ0) is 13.8. The van der Waals surface area contributed by atoms with Gasteiger partial charge in [-0.15, -0.1) is 0 Å². The van der Waals surface area contributed by atoms with Crippen molar-refractivity contribution in [1.82, 2.24) is 10.3 Å². The van der Waals surface area contributed by atoms with E-state index in [-0.39, 0.29) is 6.54 Å². The van der Waals surface area contributed by atoms with Crippen molar-refractivity contribution in [3.05, 3.63) is 28.0 Å². The molecule has 0 aliphatic heterocycles. The van der Waals surface area contributed by atoms with Gasteiger partial charge < -0.3 is 10.1 Å². The van der Waals surface area contributed by atoms with Crippen LogP contribution < -0.4 is 5.32 Å². The molecule has 0 saturated carbocycles. The maximum Gasteiger partial charge on any atom is 0.407 e. The average molecular weight is 315 g/mol. The SMILES string of the molecule is CC(C)(C)OC(=O)NCc1cc(Br)nc(C=O)c1. The van der Waals surface area contributed by atoms with Gasteiger partial charge in [0.05, 0.1) is 0 Å². The molecule has 1 aromatic rings. The van der Waals surface area contributed by atoms with Gasteiger partial charge >= 0.3 is 6.09 Å². The lowest BCUT2D eigenvalue weighted by Crippen LogP contribution is -2.32. The molecule has 0 radical (unpaired) electrons. The number of nitrogens with one attached hydrogen (secondary N) is 1. The lowest BCUT2D eigenvalue weighted by Gasteiger charge is -2.19. The Morgan fingerprint density at radius 3 is 2.72 bits per heavy atom. The van der Waals surface area contributed by atoms with Gasteiger partial charge in [0.15, 0.2) is 6.29 Å². The van der Waals surface area contributed by atoms with Crippen molar-refractivity contribution in [2.24, 2.45) is 0 Å². The standard InChI is InChI=1S/C12H15BrN2O3/c1-12(2,3)18-11(17)14-6-8-4-9(7-16)15-10(13)5-8/h4-5,7H,6H2,1-3H3,(H,14,17). The van der Waals surface area contributed by atoms with Crippen molar-refractivity contribution in [2.75, 3.05) is 0 Å². The van der Waals surface area contributed by atoms with E-state index in [1.807, 2.05) is 0 Å². The molecule has 0 aromatic carbocycles. The molecule has 0 saturated heterocycles. The van der Waals surface area contributed by atoms with Crippen LogP contribution >= 0.6 is 15.9 Å². The first-order chi connectivity index (χ1) is 8.30. The molecule has 6 heteroatoms. The van der Waals surface area contributed by atoms with E-state index in [1.54, 1.807) is 32.9 Å². The monoisotopic (exact) mass is 314 g/mol. The van der Waals surface area contributed by atoms with Crippen molar-refractivity contribution in [3.8, 4) is 0 Å². The van der Waals surface area contributed by atoms with Gasteiger partial charge in [-0.05, 0) is 54.4 Å². The summed E-state index contributed by atoms with van der Waals surface area (Å²) in [7, 11) is 0. The van der Waals surface area contributed by atoms with Gasteiger partial charge in [-0.25, -0.2) is 9.78 Å². The summed E-state index contributed by atoms with van der Waals surface area (Å²) in [5, 5.41) is 2.61. The highest BCUT2D eigenvalue weighted by atomic mass is 79.9.